The number of para-hydroxylation sites is 1. The Bertz CT molecular complexity index is 638. The van der Waals surface area contributed by atoms with Gasteiger partial charge in [-0.2, -0.15) is 0 Å². The molecular weight excluding hydrogens is 220 g/mol. The molecule has 6 nitrogen and oxygen atoms in total. The highest BCUT2D eigenvalue weighted by Gasteiger charge is 2.20. The van der Waals surface area contributed by atoms with Gasteiger partial charge < -0.3 is 9.30 Å². The van der Waals surface area contributed by atoms with Crippen LogP contribution in [0.1, 0.15) is 10.4 Å². The normalized spacial score (nSPS) is 10.0. The fourth-order valence-corrected chi connectivity index (χ4v) is 1.84. The van der Waals surface area contributed by atoms with Crippen molar-refractivity contribution in [3.63, 3.8) is 0 Å². The molecule has 1 aromatic heterocycles. The molecule has 2 rings (SSSR count). The van der Waals surface area contributed by atoms with Crippen molar-refractivity contribution in [2.24, 2.45) is 12.2 Å². The SMILES string of the molecule is COC(=O)c1c(N=[N+]=[N-])n(C)c2ccccc12. The molecule has 2 aromatic rings. The first kappa shape index (κ1) is 11.0. The molecule has 0 saturated heterocycles. The summed E-state index contributed by atoms with van der Waals surface area (Å²) >= 11 is 0. The molecule has 0 aliphatic rings. The third-order valence-corrected chi connectivity index (χ3v) is 2.61. The first-order valence-corrected chi connectivity index (χ1v) is 4.91. The largest absolute Gasteiger partial charge is 0.465 e. The molecule has 0 fully saturated rings. The average Bonchev–Trinajstić information content (AvgIpc) is 2.63. The zero-order chi connectivity index (χ0) is 12.4. The number of fused-ring (bicyclic) bond motifs is 1. The number of hydrogen-bond acceptors (Lipinski definition) is 3. The van der Waals surface area contributed by atoms with Gasteiger partial charge in [0.1, 0.15) is 5.82 Å². The quantitative estimate of drug-likeness (QED) is 0.344. The maximum Gasteiger partial charge on any atom is 0.340 e. The van der Waals surface area contributed by atoms with E-state index in [4.69, 9.17) is 10.3 Å². The summed E-state index contributed by atoms with van der Waals surface area (Å²) in [6, 6.07) is 7.30. The standard InChI is InChI=1S/C11H10N4O2/c1-15-8-6-4-3-5-7(8)9(11(16)17-2)10(15)13-14-12/h3-6H,1-2H3. The number of esters is 1. The molecule has 0 saturated carbocycles. The van der Waals surface area contributed by atoms with Crippen molar-refractivity contribution in [3.05, 3.63) is 40.3 Å². The Kier molecular flexibility index (Phi) is 2.72. The number of carbonyl (C=O) groups excluding carboxylic acids is 1. The van der Waals surface area contributed by atoms with E-state index in [1.807, 2.05) is 18.2 Å². The van der Waals surface area contributed by atoms with E-state index in [0.717, 1.165) is 5.52 Å². The van der Waals surface area contributed by atoms with Crippen molar-refractivity contribution in [3.8, 4) is 0 Å². The summed E-state index contributed by atoms with van der Waals surface area (Å²) < 4.78 is 6.38. The van der Waals surface area contributed by atoms with E-state index < -0.39 is 5.97 Å². The molecule has 17 heavy (non-hydrogen) atoms. The number of azide groups is 1. The smallest absolute Gasteiger partial charge is 0.340 e. The molecular formula is C11H10N4O2. The number of ether oxygens (including phenoxy) is 1. The van der Waals surface area contributed by atoms with Gasteiger partial charge in [-0.3, -0.25) is 0 Å². The van der Waals surface area contributed by atoms with Gasteiger partial charge in [0, 0.05) is 22.9 Å². The van der Waals surface area contributed by atoms with Gasteiger partial charge in [-0.25, -0.2) is 4.79 Å². The highest BCUT2D eigenvalue weighted by Crippen LogP contribution is 2.31. The molecule has 0 N–H and O–H groups in total. The van der Waals surface area contributed by atoms with Crippen molar-refractivity contribution in [1.82, 2.24) is 4.57 Å². The summed E-state index contributed by atoms with van der Waals surface area (Å²) in [6.45, 7) is 0. The van der Waals surface area contributed by atoms with Crippen LogP contribution in [0, 0.1) is 0 Å². The molecule has 0 spiro atoms. The Hall–Kier alpha value is -2.46. The molecule has 86 valence electrons. The number of hydrogen-bond donors (Lipinski definition) is 0. The van der Waals surface area contributed by atoms with Crippen molar-refractivity contribution in [2.75, 3.05) is 7.11 Å². The number of aromatic nitrogens is 1. The van der Waals surface area contributed by atoms with Gasteiger partial charge in [0.25, 0.3) is 0 Å². The zero-order valence-corrected chi connectivity index (χ0v) is 9.41. The van der Waals surface area contributed by atoms with Gasteiger partial charge in [0.2, 0.25) is 0 Å². The number of benzene rings is 1. The Morgan fingerprint density at radius 1 is 1.47 bits per heavy atom. The van der Waals surface area contributed by atoms with Crippen LogP contribution in [-0.4, -0.2) is 17.6 Å². The Morgan fingerprint density at radius 3 is 2.82 bits per heavy atom. The van der Waals surface area contributed by atoms with Crippen LogP contribution in [0.4, 0.5) is 5.82 Å². The van der Waals surface area contributed by atoms with Crippen LogP contribution in [-0.2, 0) is 11.8 Å². The topological polar surface area (TPSA) is 80.0 Å². The minimum atomic E-state index is -0.510. The lowest BCUT2D eigenvalue weighted by molar-refractivity contribution is 0.0604. The third kappa shape index (κ3) is 1.60. The molecule has 0 bridgehead atoms. The monoisotopic (exact) mass is 230 g/mol. The number of aryl methyl sites for hydroxylation is 1. The van der Waals surface area contributed by atoms with E-state index in [9.17, 15) is 4.79 Å². The van der Waals surface area contributed by atoms with E-state index in [-0.39, 0.29) is 5.82 Å². The predicted molar refractivity (Wildman–Crippen MR) is 63.1 cm³/mol. The lowest BCUT2D eigenvalue weighted by Gasteiger charge is -1.99. The van der Waals surface area contributed by atoms with Crippen molar-refractivity contribution in [1.29, 1.82) is 0 Å². The van der Waals surface area contributed by atoms with E-state index in [0.29, 0.717) is 10.9 Å². The van der Waals surface area contributed by atoms with Crippen LogP contribution < -0.4 is 0 Å². The van der Waals surface area contributed by atoms with E-state index in [2.05, 4.69) is 10.0 Å². The van der Waals surface area contributed by atoms with Gasteiger partial charge >= 0.3 is 5.97 Å². The minimum Gasteiger partial charge on any atom is -0.465 e. The van der Waals surface area contributed by atoms with E-state index in [1.54, 1.807) is 17.7 Å². The molecule has 1 heterocycles. The van der Waals surface area contributed by atoms with Crippen LogP contribution >= 0.6 is 0 Å². The molecule has 0 atom stereocenters. The highest BCUT2D eigenvalue weighted by atomic mass is 16.5. The molecule has 0 aliphatic heterocycles. The number of nitrogens with zero attached hydrogens (tertiary/aromatic N) is 4. The fraction of sp³-hybridized carbons (Fsp3) is 0.182. The molecule has 0 radical (unpaired) electrons. The van der Waals surface area contributed by atoms with Crippen LogP contribution in [0.2, 0.25) is 0 Å². The maximum absolute atomic E-state index is 11.7. The van der Waals surface area contributed by atoms with Crippen LogP contribution in [0.25, 0.3) is 21.3 Å². The molecule has 0 unspecified atom stereocenters. The second-order valence-corrected chi connectivity index (χ2v) is 3.46. The summed E-state index contributed by atoms with van der Waals surface area (Å²) in [5, 5.41) is 4.27. The maximum atomic E-state index is 11.7. The summed E-state index contributed by atoms with van der Waals surface area (Å²) in [5.74, 6) is -0.246. The van der Waals surface area contributed by atoms with Crippen molar-refractivity contribution >= 4 is 22.7 Å². The number of methoxy groups -OCH3 is 1. The highest BCUT2D eigenvalue weighted by molar-refractivity contribution is 6.09. The minimum absolute atomic E-state index is 0.264. The fourth-order valence-electron chi connectivity index (χ4n) is 1.84. The molecule has 6 heteroatoms. The zero-order valence-electron chi connectivity index (χ0n) is 9.41. The first-order chi connectivity index (χ1) is 8.20. The molecule has 0 aliphatic carbocycles. The van der Waals surface area contributed by atoms with Crippen LogP contribution in [0.15, 0.2) is 29.4 Å². The van der Waals surface area contributed by atoms with Gasteiger partial charge in [0.05, 0.1) is 12.7 Å². The summed E-state index contributed by atoms with van der Waals surface area (Å²) in [5.41, 5.74) is 9.65. The van der Waals surface area contributed by atoms with Gasteiger partial charge in [0.15, 0.2) is 0 Å². The van der Waals surface area contributed by atoms with Gasteiger partial charge in [-0.1, -0.05) is 18.2 Å². The van der Waals surface area contributed by atoms with Crippen molar-refractivity contribution in [2.45, 2.75) is 0 Å². The number of rotatable bonds is 2. The van der Waals surface area contributed by atoms with E-state index >= 15 is 0 Å². The Balaban J connectivity index is 2.90. The van der Waals surface area contributed by atoms with Crippen LogP contribution in [0.3, 0.4) is 0 Å². The number of carbonyl (C=O) groups is 1. The Morgan fingerprint density at radius 2 is 2.18 bits per heavy atom. The lowest BCUT2D eigenvalue weighted by Crippen LogP contribution is -2.00. The molecule has 0 amide bonds. The van der Waals surface area contributed by atoms with Crippen LogP contribution in [0.5, 0.6) is 0 Å². The second-order valence-electron chi connectivity index (χ2n) is 3.46. The van der Waals surface area contributed by atoms with Gasteiger partial charge in [-0.15, -0.1) is 0 Å². The Labute approximate surface area is 97.0 Å². The summed E-state index contributed by atoms with van der Waals surface area (Å²) in [6.07, 6.45) is 0. The summed E-state index contributed by atoms with van der Waals surface area (Å²) in [4.78, 5) is 14.5. The van der Waals surface area contributed by atoms with E-state index in [1.165, 1.54) is 7.11 Å². The first-order valence-electron chi connectivity index (χ1n) is 4.91. The predicted octanol–water partition coefficient (Wildman–Crippen LogP) is 2.91. The average molecular weight is 230 g/mol. The molecule has 1 aromatic carbocycles. The third-order valence-electron chi connectivity index (χ3n) is 2.61. The summed E-state index contributed by atoms with van der Waals surface area (Å²) in [7, 11) is 3.03. The van der Waals surface area contributed by atoms with Gasteiger partial charge in [-0.05, 0) is 16.7 Å². The second kappa shape index (κ2) is 4.19. The van der Waals surface area contributed by atoms with Crippen molar-refractivity contribution < 1.29 is 9.53 Å². The lowest BCUT2D eigenvalue weighted by atomic mass is 10.1.